The third-order valence-corrected chi connectivity index (χ3v) is 14.8. The van der Waals surface area contributed by atoms with Gasteiger partial charge in [-0.05, 0) is 77.9 Å². The van der Waals surface area contributed by atoms with Gasteiger partial charge >= 0.3 is 23.9 Å². The molecule has 0 aliphatic carbocycles. The Labute approximate surface area is 430 Å². The van der Waals surface area contributed by atoms with Gasteiger partial charge in [0.15, 0.2) is 5.92 Å². The van der Waals surface area contributed by atoms with Crippen LogP contribution >= 0.6 is 0 Å². The number of nitrogens with one attached hydrogen (secondary N) is 1. The smallest absolute Gasteiger partial charge is 0.329 e. The SMILES string of the molecule is COC(=O)C(CC#Cc1ccc2c(c1)[C@]1(C(=O)N2C(=O)N[C@H](C)c2ccccc2)[C@H](C(=O)N2CCCCCCC2)[C@H]2C(=O)O[C@H](c3ccccc3)[C@H](c3ccccc3)N2[C@@H]1c1cccc(OCCO)c1)C(=O)OC. The Kier molecular flexibility index (Phi) is 15.6. The van der Waals surface area contributed by atoms with Crippen LogP contribution in [0.3, 0.4) is 0 Å². The second-order valence-electron chi connectivity index (χ2n) is 19.1. The third-order valence-electron chi connectivity index (χ3n) is 14.8. The van der Waals surface area contributed by atoms with Gasteiger partial charge in [-0.25, -0.2) is 9.69 Å². The summed E-state index contributed by atoms with van der Waals surface area (Å²) in [6.07, 6.45) is 2.98. The van der Waals surface area contributed by atoms with E-state index in [1.165, 1.54) is 0 Å². The van der Waals surface area contributed by atoms with E-state index in [4.69, 9.17) is 18.9 Å². The molecular weight excluding hydrogens is 941 g/mol. The van der Waals surface area contributed by atoms with Gasteiger partial charge in [-0.2, -0.15) is 0 Å². The summed E-state index contributed by atoms with van der Waals surface area (Å²) in [7, 11) is 2.33. The van der Waals surface area contributed by atoms with Gasteiger partial charge in [-0.1, -0.05) is 134 Å². The first-order valence-corrected chi connectivity index (χ1v) is 25.2. The number of imide groups is 1. The molecule has 2 N–H and O–H groups in total. The minimum atomic E-state index is -2.07. The fraction of sp³-hybridized carbons (Fsp3) is 0.356. The van der Waals surface area contributed by atoms with Crippen LogP contribution in [0, 0.1) is 23.7 Å². The van der Waals surface area contributed by atoms with Crippen LogP contribution in [0.4, 0.5) is 10.5 Å². The number of rotatable bonds is 12. The van der Waals surface area contributed by atoms with Gasteiger partial charge in [0.1, 0.15) is 29.9 Å². The van der Waals surface area contributed by atoms with Crippen LogP contribution in [-0.2, 0) is 43.6 Å². The first kappa shape index (κ1) is 51.1. The number of hydrogen-bond donors (Lipinski definition) is 2. The van der Waals surface area contributed by atoms with Gasteiger partial charge in [0.2, 0.25) is 11.8 Å². The van der Waals surface area contributed by atoms with Crippen LogP contribution in [0.15, 0.2) is 133 Å². The van der Waals surface area contributed by atoms with Gasteiger partial charge in [0.05, 0.1) is 50.6 Å². The lowest BCUT2D eigenvalue weighted by atomic mass is 9.64. The molecule has 15 heteroatoms. The summed E-state index contributed by atoms with van der Waals surface area (Å²) in [6, 6.07) is 35.5. The fourth-order valence-electron chi connectivity index (χ4n) is 11.4. The van der Waals surface area contributed by atoms with Gasteiger partial charge in [0.25, 0.3) is 0 Å². The second kappa shape index (κ2) is 22.5. The standard InChI is InChI=1S/C59H60N4O11/c1-38(40-21-10-7-11-22-40)60-58(70)62-47-31-30-39(20-18-29-45(54(66)71-2)55(67)72-3)36-46(47)59(57(62)69)48(53(65)61-32-16-5-4-6-17-33-61)50-56(68)74-51(42-25-14-9-15-26-42)49(41-23-12-8-13-24-41)63(50)52(59)43-27-19-28-44(37-43)73-35-34-64/h7-15,19,21-28,30-31,36-38,45,48-52,64H,4-6,16-17,29,32-35H2,1-3H3,(H,60,70)/t38-,48+,49+,50+,51-,52-,59+/m1/s1. The van der Waals surface area contributed by atoms with Crippen LogP contribution in [0.1, 0.15) is 103 Å². The number of anilines is 1. The summed E-state index contributed by atoms with van der Waals surface area (Å²) in [4.78, 5) is 94.5. The Balaban J connectivity index is 1.35. The lowest BCUT2D eigenvalue weighted by molar-refractivity contribution is -0.179. The average Bonchev–Trinajstić information content (AvgIpc) is 3.88. The lowest BCUT2D eigenvalue weighted by Crippen LogP contribution is -2.57. The van der Waals surface area contributed by atoms with E-state index < -0.39 is 83.3 Å². The van der Waals surface area contributed by atoms with Gasteiger partial charge in [-0.3, -0.25) is 28.9 Å². The number of benzene rings is 5. The summed E-state index contributed by atoms with van der Waals surface area (Å²) in [5.74, 6) is 0.000346. The molecule has 3 saturated heterocycles. The van der Waals surface area contributed by atoms with Crippen molar-refractivity contribution in [2.75, 3.05) is 45.4 Å². The number of ether oxygens (including phenoxy) is 4. The molecule has 0 radical (unpaired) electrons. The van der Waals surface area contributed by atoms with Crippen LogP contribution in [-0.4, -0.2) is 97.2 Å². The summed E-state index contributed by atoms with van der Waals surface area (Å²) in [5.41, 5.74) is 1.39. The highest BCUT2D eigenvalue weighted by molar-refractivity contribution is 6.24. The molecule has 3 fully saturated rings. The maximum atomic E-state index is 16.9. The maximum absolute atomic E-state index is 16.9. The largest absolute Gasteiger partial charge is 0.491 e. The van der Waals surface area contributed by atoms with Crippen molar-refractivity contribution in [3.05, 3.63) is 167 Å². The summed E-state index contributed by atoms with van der Waals surface area (Å²) in [6.45, 7) is 2.25. The molecule has 74 heavy (non-hydrogen) atoms. The zero-order chi connectivity index (χ0) is 51.9. The van der Waals surface area contributed by atoms with Crippen molar-refractivity contribution in [3.63, 3.8) is 0 Å². The van der Waals surface area contributed by atoms with Crippen molar-refractivity contribution in [2.45, 2.75) is 81.1 Å². The average molecular weight is 1000 g/mol. The first-order chi connectivity index (χ1) is 36.0. The van der Waals surface area contributed by atoms with Crippen molar-refractivity contribution in [1.82, 2.24) is 15.1 Å². The number of morpholine rings is 1. The second-order valence-corrected chi connectivity index (χ2v) is 19.1. The number of cyclic esters (lactones) is 1. The minimum Gasteiger partial charge on any atom is -0.491 e. The number of methoxy groups -OCH3 is 2. The molecule has 4 amide bonds. The van der Waals surface area contributed by atoms with E-state index in [1.54, 1.807) is 41.3 Å². The van der Waals surface area contributed by atoms with E-state index >= 15 is 19.2 Å². The van der Waals surface area contributed by atoms with E-state index in [1.807, 2.05) is 109 Å². The number of carbonyl (C=O) groups is 6. The number of esters is 3. The minimum absolute atomic E-state index is 0.0408. The monoisotopic (exact) mass is 1000 g/mol. The molecule has 5 aromatic rings. The van der Waals surface area contributed by atoms with Crippen molar-refractivity contribution in [3.8, 4) is 17.6 Å². The van der Waals surface area contributed by atoms with E-state index in [0.29, 0.717) is 48.4 Å². The highest BCUT2D eigenvalue weighted by Gasteiger charge is 2.76. The molecule has 382 valence electrons. The molecule has 9 rings (SSSR count). The molecule has 0 saturated carbocycles. The number of likely N-dealkylation sites (tertiary alicyclic amines) is 1. The van der Waals surface area contributed by atoms with E-state index in [2.05, 4.69) is 17.2 Å². The van der Waals surface area contributed by atoms with E-state index in [0.717, 1.165) is 49.5 Å². The van der Waals surface area contributed by atoms with Crippen molar-refractivity contribution >= 4 is 41.4 Å². The normalized spacial score (nSPS) is 22.8. The number of amides is 4. The Morgan fingerprint density at radius 2 is 1.38 bits per heavy atom. The zero-order valence-corrected chi connectivity index (χ0v) is 41.7. The van der Waals surface area contributed by atoms with Crippen LogP contribution in [0.5, 0.6) is 5.75 Å². The molecule has 0 aromatic heterocycles. The van der Waals surface area contributed by atoms with E-state index in [9.17, 15) is 14.7 Å². The Morgan fingerprint density at radius 1 is 0.757 bits per heavy atom. The molecule has 0 bridgehead atoms. The van der Waals surface area contributed by atoms with Gasteiger partial charge < -0.3 is 34.3 Å². The summed E-state index contributed by atoms with van der Waals surface area (Å²) < 4.78 is 22.5. The highest BCUT2D eigenvalue weighted by Crippen LogP contribution is 2.66. The first-order valence-electron chi connectivity index (χ1n) is 25.2. The fourth-order valence-corrected chi connectivity index (χ4v) is 11.4. The maximum Gasteiger partial charge on any atom is 0.329 e. The predicted molar refractivity (Wildman–Crippen MR) is 273 cm³/mol. The Morgan fingerprint density at radius 3 is 2.03 bits per heavy atom. The number of aliphatic hydroxyl groups excluding tert-OH is 1. The zero-order valence-electron chi connectivity index (χ0n) is 41.7. The highest BCUT2D eigenvalue weighted by atomic mass is 16.6. The quantitative estimate of drug-likeness (QED) is 0.0539. The number of nitrogens with zero attached hydrogens (tertiary/aromatic N) is 3. The van der Waals surface area contributed by atoms with Crippen molar-refractivity contribution < 1.29 is 52.8 Å². The number of fused-ring (bicyclic) bond motifs is 3. The molecule has 4 aliphatic rings. The topological polar surface area (TPSA) is 181 Å². The number of aliphatic hydroxyl groups is 1. The molecule has 5 aromatic carbocycles. The molecule has 0 unspecified atom stereocenters. The van der Waals surface area contributed by atoms with Crippen molar-refractivity contribution in [1.29, 1.82) is 0 Å². The van der Waals surface area contributed by atoms with Crippen LogP contribution in [0.25, 0.3) is 0 Å². The molecule has 4 aliphatic heterocycles. The molecule has 4 heterocycles. The summed E-state index contributed by atoms with van der Waals surface area (Å²) >= 11 is 0. The number of carbonyl (C=O) groups excluding carboxylic acids is 6. The van der Waals surface area contributed by atoms with Crippen molar-refractivity contribution in [2.24, 2.45) is 11.8 Å². The Hall–Kier alpha value is -7.80. The number of urea groups is 1. The Bertz CT molecular complexity index is 2920. The number of hydrogen-bond acceptors (Lipinski definition) is 12. The molecule has 1 spiro atoms. The predicted octanol–water partition coefficient (Wildman–Crippen LogP) is 7.69. The third kappa shape index (κ3) is 9.63. The van der Waals surface area contributed by atoms with E-state index in [-0.39, 0.29) is 30.9 Å². The van der Waals surface area contributed by atoms with Gasteiger partial charge in [0, 0.05) is 25.1 Å². The van der Waals surface area contributed by atoms with Gasteiger partial charge in [-0.15, -0.1) is 0 Å². The molecule has 7 atom stereocenters. The summed E-state index contributed by atoms with van der Waals surface area (Å²) in [5, 5.41) is 13.0. The molecule has 15 nitrogen and oxygen atoms in total. The lowest BCUT2D eigenvalue weighted by Gasteiger charge is -2.46. The molecular formula is C59H60N4O11. The van der Waals surface area contributed by atoms with Crippen LogP contribution < -0.4 is 15.0 Å². The van der Waals surface area contributed by atoms with Crippen LogP contribution in [0.2, 0.25) is 0 Å².